The number of hydrogen-bond acceptors (Lipinski definition) is 3. The summed E-state index contributed by atoms with van der Waals surface area (Å²) in [4.78, 5) is 12.1. The van der Waals surface area contributed by atoms with E-state index in [0.29, 0.717) is 36.6 Å². The first kappa shape index (κ1) is 16.0. The van der Waals surface area contributed by atoms with Crippen LogP contribution in [0.4, 0.5) is 4.39 Å². The molecule has 1 aliphatic heterocycles. The van der Waals surface area contributed by atoms with Gasteiger partial charge in [0.05, 0.1) is 17.8 Å². The van der Waals surface area contributed by atoms with Gasteiger partial charge in [0.25, 0.3) is 5.91 Å². The Bertz CT molecular complexity index is 673. The molecule has 0 saturated carbocycles. The normalized spacial score (nSPS) is 20.6. The lowest BCUT2D eigenvalue weighted by Crippen LogP contribution is -2.37. The topological polar surface area (TPSA) is 59.0 Å². The lowest BCUT2D eigenvalue weighted by atomic mass is 10.1. The van der Waals surface area contributed by atoms with Gasteiger partial charge in [0, 0.05) is 30.9 Å². The summed E-state index contributed by atoms with van der Waals surface area (Å²) in [5.74, 6) is -0.150. The van der Waals surface area contributed by atoms with Crippen molar-refractivity contribution in [2.24, 2.45) is 0 Å². The van der Waals surface area contributed by atoms with E-state index < -0.39 is 6.17 Å². The minimum absolute atomic E-state index is 0.0118. The molecule has 1 fully saturated rings. The molecule has 1 aromatic carbocycles. The van der Waals surface area contributed by atoms with E-state index in [1.54, 1.807) is 29.2 Å². The van der Waals surface area contributed by atoms with Crippen LogP contribution < -0.4 is 10.6 Å². The van der Waals surface area contributed by atoms with Crippen LogP contribution in [0.25, 0.3) is 0 Å². The van der Waals surface area contributed by atoms with Crippen molar-refractivity contribution in [3.8, 4) is 0 Å². The third kappa shape index (κ3) is 4.30. The molecule has 122 valence electrons. The fourth-order valence-corrected chi connectivity index (χ4v) is 2.77. The Balaban J connectivity index is 1.53. The number of benzene rings is 1. The van der Waals surface area contributed by atoms with Crippen molar-refractivity contribution in [2.45, 2.75) is 25.2 Å². The number of nitrogens with zero attached hydrogens (tertiary/aromatic N) is 2. The molecule has 0 aliphatic carbocycles. The summed E-state index contributed by atoms with van der Waals surface area (Å²) in [6, 6.07) is 7.33. The van der Waals surface area contributed by atoms with E-state index in [-0.39, 0.29) is 11.9 Å². The molecule has 2 N–H and O–H groups in total. The zero-order chi connectivity index (χ0) is 16.2. The zero-order valence-electron chi connectivity index (χ0n) is 12.5. The SMILES string of the molecule is O=C(NC[C@@H]1C[C@H](F)CN1)c1ccc(Cn2cc(Cl)cn2)cc1. The highest BCUT2D eigenvalue weighted by atomic mass is 35.5. The molecule has 0 radical (unpaired) electrons. The first-order chi connectivity index (χ1) is 11.1. The Morgan fingerprint density at radius 3 is 2.83 bits per heavy atom. The van der Waals surface area contributed by atoms with Crippen molar-refractivity contribution in [1.82, 2.24) is 20.4 Å². The molecule has 1 aromatic heterocycles. The molecular weight excluding hydrogens is 319 g/mol. The van der Waals surface area contributed by atoms with Gasteiger partial charge in [-0.25, -0.2) is 4.39 Å². The van der Waals surface area contributed by atoms with E-state index in [0.717, 1.165) is 5.56 Å². The molecule has 2 aromatic rings. The van der Waals surface area contributed by atoms with Crippen LogP contribution in [0.15, 0.2) is 36.7 Å². The summed E-state index contributed by atoms with van der Waals surface area (Å²) in [7, 11) is 0. The van der Waals surface area contributed by atoms with E-state index >= 15 is 0 Å². The fraction of sp³-hybridized carbons (Fsp3) is 0.375. The van der Waals surface area contributed by atoms with Crippen LogP contribution in [-0.2, 0) is 6.54 Å². The van der Waals surface area contributed by atoms with Gasteiger partial charge in [-0.05, 0) is 24.1 Å². The third-order valence-electron chi connectivity index (χ3n) is 3.84. The number of aromatic nitrogens is 2. The molecule has 0 bridgehead atoms. The van der Waals surface area contributed by atoms with E-state index in [1.165, 1.54) is 0 Å². The van der Waals surface area contributed by atoms with Gasteiger partial charge in [-0.2, -0.15) is 5.10 Å². The van der Waals surface area contributed by atoms with E-state index in [1.807, 2.05) is 12.1 Å². The number of carbonyl (C=O) groups excluding carboxylic acids is 1. The predicted molar refractivity (Wildman–Crippen MR) is 86.4 cm³/mol. The number of amides is 1. The van der Waals surface area contributed by atoms with Gasteiger partial charge in [0.15, 0.2) is 0 Å². The van der Waals surface area contributed by atoms with E-state index in [2.05, 4.69) is 15.7 Å². The molecule has 2 atom stereocenters. The number of carbonyl (C=O) groups is 1. The van der Waals surface area contributed by atoms with Gasteiger partial charge >= 0.3 is 0 Å². The van der Waals surface area contributed by atoms with Crippen molar-refractivity contribution >= 4 is 17.5 Å². The van der Waals surface area contributed by atoms with Crippen LogP contribution in [0.5, 0.6) is 0 Å². The maximum Gasteiger partial charge on any atom is 0.251 e. The van der Waals surface area contributed by atoms with Crippen LogP contribution in [0.3, 0.4) is 0 Å². The van der Waals surface area contributed by atoms with Crippen molar-refractivity contribution < 1.29 is 9.18 Å². The van der Waals surface area contributed by atoms with Crippen LogP contribution in [0.1, 0.15) is 22.3 Å². The van der Waals surface area contributed by atoms with Gasteiger partial charge in [0.1, 0.15) is 6.17 Å². The Hall–Kier alpha value is -1.92. The summed E-state index contributed by atoms with van der Waals surface area (Å²) in [6.45, 7) is 1.40. The smallest absolute Gasteiger partial charge is 0.251 e. The monoisotopic (exact) mass is 336 g/mol. The largest absolute Gasteiger partial charge is 0.350 e. The Morgan fingerprint density at radius 2 is 2.22 bits per heavy atom. The summed E-state index contributed by atoms with van der Waals surface area (Å²) in [5, 5.41) is 10.6. The van der Waals surface area contributed by atoms with Gasteiger partial charge in [-0.1, -0.05) is 23.7 Å². The molecule has 0 unspecified atom stereocenters. The second-order valence-corrected chi connectivity index (χ2v) is 6.14. The Labute approximate surface area is 138 Å². The molecule has 1 aliphatic rings. The first-order valence-corrected chi connectivity index (χ1v) is 7.90. The van der Waals surface area contributed by atoms with Gasteiger partial charge in [0.2, 0.25) is 0 Å². The van der Waals surface area contributed by atoms with Crippen LogP contribution >= 0.6 is 11.6 Å². The summed E-state index contributed by atoms with van der Waals surface area (Å²) < 4.78 is 14.8. The maximum absolute atomic E-state index is 13.1. The standard InChI is InChI=1S/C16H18ClFN4O/c17-13-6-21-22(10-13)9-11-1-3-12(4-2-11)16(23)20-8-15-5-14(18)7-19-15/h1-4,6,10,14-15,19H,5,7-9H2,(H,20,23)/t14-,15-/m0/s1. The first-order valence-electron chi connectivity index (χ1n) is 7.52. The second kappa shape index (κ2) is 7.10. The number of hydrogen-bond donors (Lipinski definition) is 2. The van der Waals surface area contributed by atoms with Crippen molar-refractivity contribution in [2.75, 3.05) is 13.1 Å². The van der Waals surface area contributed by atoms with Crippen molar-refractivity contribution in [3.05, 3.63) is 52.8 Å². The average Bonchev–Trinajstić information content (AvgIpc) is 3.14. The average molecular weight is 337 g/mol. The fourth-order valence-electron chi connectivity index (χ4n) is 2.62. The molecule has 23 heavy (non-hydrogen) atoms. The van der Waals surface area contributed by atoms with Crippen LogP contribution in [-0.4, -0.2) is 41.0 Å². The quantitative estimate of drug-likeness (QED) is 0.878. The number of alkyl halides is 1. The molecule has 5 nitrogen and oxygen atoms in total. The Morgan fingerprint density at radius 1 is 1.43 bits per heavy atom. The predicted octanol–water partition coefficient (Wildman–Crippen LogP) is 2.01. The molecular formula is C16H18ClFN4O. The summed E-state index contributed by atoms with van der Waals surface area (Å²) in [5.41, 5.74) is 1.61. The van der Waals surface area contributed by atoms with Crippen molar-refractivity contribution in [3.63, 3.8) is 0 Å². The zero-order valence-corrected chi connectivity index (χ0v) is 13.3. The molecule has 7 heteroatoms. The molecule has 1 saturated heterocycles. The summed E-state index contributed by atoms with van der Waals surface area (Å²) >= 11 is 5.83. The second-order valence-electron chi connectivity index (χ2n) is 5.70. The Kier molecular flexibility index (Phi) is 4.93. The maximum atomic E-state index is 13.1. The molecule has 0 spiro atoms. The number of rotatable bonds is 5. The highest BCUT2D eigenvalue weighted by Gasteiger charge is 2.23. The lowest BCUT2D eigenvalue weighted by molar-refractivity contribution is 0.0950. The number of halogens is 2. The van der Waals surface area contributed by atoms with Crippen LogP contribution in [0.2, 0.25) is 5.02 Å². The number of nitrogens with one attached hydrogen (secondary N) is 2. The van der Waals surface area contributed by atoms with Gasteiger partial charge in [-0.15, -0.1) is 0 Å². The van der Waals surface area contributed by atoms with Gasteiger partial charge < -0.3 is 10.6 Å². The van der Waals surface area contributed by atoms with Crippen molar-refractivity contribution in [1.29, 1.82) is 0 Å². The van der Waals surface area contributed by atoms with E-state index in [9.17, 15) is 9.18 Å². The summed E-state index contributed by atoms with van der Waals surface area (Å²) in [6.07, 6.45) is 2.97. The molecule has 1 amide bonds. The van der Waals surface area contributed by atoms with Gasteiger partial charge in [-0.3, -0.25) is 9.48 Å². The lowest BCUT2D eigenvalue weighted by Gasteiger charge is -2.11. The highest BCUT2D eigenvalue weighted by Crippen LogP contribution is 2.11. The molecule has 3 rings (SSSR count). The van der Waals surface area contributed by atoms with E-state index in [4.69, 9.17) is 11.6 Å². The molecule has 2 heterocycles. The van der Waals surface area contributed by atoms with Crippen LogP contribution in [0, 0.1) is 0 Å². The minimum atomic E-state index is -0.813. The highest BCUT2D eigenvalue weighted by molar-refractivity contribution is 6.30. The minimum Gasteiger partial charge on any atom is -0.350 e. The third-order valence-corrected chi connectivity index (χ3v) is 4.03.